The van der Waals surface area contributed by atoms with E-state index in [0.29, 0.717) is 12.0 Å². The van der Waals surface area contributed by atoms with Crippen molar-refractivity contribution in [3.05, 3.63) is 33.8 Å². The maximum atomic E-state index is 6.06. The van der Waals surface area contributed by atoms with Gasteiger partial charge in [0.25, 0.3) is 0 Å². The van der Waals surface area contributed by atoms with Gasteiger partial charge in [-0.05, 0) is 35.6 Å². The number of aryl methyl sites for hydroxylation is 1. The van der Waals surface area contributed by atoms with E-state index in [-0.39, 0.29) is 5.41 Å². The van der Waals surface area contributed by atoms with Crippen LogP contribution in [-0.2, 0) is 0 Å². The van der Waals surface area contributed by atoms with Crippen molar-refractivity contribution < 1.29 is 0 Å². The Morgan fingerprint density at radius 1 is 1.29 bits per heavy atom. The summed E-state index contributed by atoms with van der Waals surface area (Å²) in [6.45, 7) is 6.59. The maximum absolute atomic E-state index is 6.06. The highest BCUT2D eigenvalue weighted by Crippen LogP contribution is 2.57. The topological polar surface area (TPSA) is 26.0 Å². The molecule has 2 heteroatoms. The van der Waals surface area contributed by atoms with Crippen molar-refractivity contribution in [2.75, 3.05) is 0 Å². The van der Waals surface area contributed by atoms with E-state index in [9.17, 15) is 0 Å². The van der Waals surface area contributed by atoms with E-state index >= 15 is 0 Å². The van der Waals surface area contributed by atoms with Crippen molar-refractivity contribution in [2.24, 2.45) is 11.1 Å². The highest BCUT2D eigenvalue weighted by Gasteiger charge is 2.56. The lowest BCUT2D eigenvalue weighted by Crippen LogP contribution is -2.06. The molecule has 0 radical (unpaired) electrons. The van der Waals surface area contributed by atoms with E-state index in [1.807, 2.05) is 0 Å². The van der Waals surface area contributed by atoms with E-state index in [2.05, 4.69) is 54.9 Å². The Kier molecular flexibility index (Phi) is 2.24. The quantitative estimate of drug-likeness (QED) is 0.818. The van der Waals surface area contributed by atoms with Crippen LogP contribution in [0.25, 0.3) is 0 Å². The minimum atomic E-state index is 0.271. The SMILES string of the molecule is Cc1cc(Br)cc(C2C(N)C2(C)C)c1. The average Bonchev–Trinajstić information content (AvgIpc) is 2.48. The molecule has 0 bridgehead atoms. The first kappa shape index (κ1) is 10.2. The third-order valence-electron chi connectivity index (χ3n) is 3.33. The fourth-order valence-corrected chi connectivity index (χ4v) is 2.88. The molecule has 1 aromatic carbocycles. The first-order valence-corrected chi connectivity index (χ1v) is 5.75. The number of benzene rings is 1. The lowest BCUT2D eigenvalue weighted by atomic mass is 10.0. The van der Waals surface area contributed by atoms with Crippen LogP contribution in [0.2, 0.25) is 0 Å². The highest BCUT2D eigenvalue weighted by atomic mass is 79.9. The van der Waals surface area contributed by atoms with Gasteiger partial charge >= 0.3 is 0 Å². The third-order valence-corrected chi connectivity index (χ3v) is 3.79. The van der Waals surface area contributed by atoms with E-state index in [0.717, 1.165) is 4.47 Å². The average molecular weight is 254 g/mol. The van der Waals surface area contributed by atoms with Gasteiger partial charge in [0, 0.05) is 16.4 Å². The van der Waals surface area contributed by atoms with E-state index in [4.69, 9.17) is 5.73 Å². The van der Waals surface area contributed by atoms with Crippen LogP contribution < -0.4 is 5.73 Å². The fourth-order valence-electron chi connectivity index (χ4n) is 2.26. The molecule has 2 atom stereocenters. The van der Waals surface area contributed by atoms with Crippen LogP contribution in [-0.4, -0.2) is 6.04 Å². The molecular weight excluding hydrogens is 238 g/mol. The zero-order valence-electron chi connectivity index (χ0n) is 8.84. The van der Waals surface area contributed by atoms with Crippen LogP contribution in [0, 0.1) is 12.3 Å². The Bertz CT molecular complexity index is 350. The van der Waals surface area contributed by atoms with E-state index in [1.165, 1.54) is 11.1 Å². The van der Waals surface area contributed by atoms with Gasteiger partial charge in [-0.25, -0.2) is 0 Å². The van der Waals surface area contributed by atoms with Gasteiger partial charge < -0.3 is 5.73 Å². The van der Waals surface area contributed by atoms with Crippen molar-refractivity contribution >= 4 is 15.9 Å². The van der Waals surface area contributed by atoms with Crippen LogP contribution in [0.4, 0.5) is 0 Å². The van der Waals surface area contributed by atoms with Crippen molar-refractivity contribution in [1.29, 1.82) is 0 Å². The Balaban J connectivity index is 2.35. The highest BCUT2D eigenvalue weighted by molar-refractivity contribution is 9.10. The summed E-state index contributed by atoms with van der Waals surface area (Å²) in [7, 11) is 0. The number of hydrogen-bond acceptors (Lipinski definition) is 1. The molecular formula is C12H16BrN. The minimum Gasteiger partial charge on any atom is -0.327 e. The van der Waals surface area contributed by atoms with E-state index in [1.54, 1.807) is 0 Å². The second-order valence-corrected chi connectivity index (χ2v) is 5.80. The molecule has 2 unspecified atom stereocenters. The molecule has 0 heterocycles. The van der Waals surface area contributed by atoms with Crippen molar-refractivity contribution in [3.63, 3.8) is 0 Å². The molecule has 2 N–H and O–H groups in total. The Hall–Kier alpha value is -0.340. The summed E-state index contributed by atoms with van der Waals surface area (Å²) in [6, 6.07) is 6.87. The molecule has 1 nitrogen and oxygen atoms in total. The standard InChI is InChI=1S/C12H16BrN/c1-7-4-8(6-9(13)5-7)10-11(14)12(10,2)3/h4-6,10-11H,14H2,1-3H3. The van der Waals surface area contributed by atoms with Crippen molar-refractivity contribution in [2.45, 2.75) is 32.7 Å². The van der Waals surface area contributed by atoms with Crippen molar-refractivity contribution in [3.8, 4) is 0 Å². The van der Waals surface area contributed by atoms with Gasteiger partial charge in [0.1, 0.15) is 0 Å². The number of halogens is 1. The second kappa shape index (κ2) is 3.07. The number of rotatable bonds is 1. The maximum Gasteiger partial charge on any atom is 0.0180 e. The van der Waals surface area contributed by atoms with Gasteiger partial charge in [-0.3, -0.25) is 0 Å². The number of nitrogens with two attached hydrogens (primary N) is 1. The summed E-state index contributed by atoms with van der Waals surface area (Å²) in [5.74, 6) is 0.527. The lowest BCUT2D eigenvalue weighted by molar-refractivity contribution is 0.599. The van der Waals surface area contributed by atoms with Gasteiger partial charge in [-0.2, -0.15) is 0 Å². The van der Waals surface area contributed by atoms with Crippen molar-refractivity contribution in [1.82, 2.24) is 0 Å². The molecule has 0 spiro atoms. The minimum absolute atomic E-state index is 0.271. The van der Waals surface area contributed by atoms with Crippen LogP contribution in [0.15, 0.2) is 22.7 Å². The van der Waals surface area contributed by atoms with Crippen LogP contribution in [0.1, 0.15) is 30.9 Å². The molecule has 1 aliphatic rings. The largest absolute Gasteiger partial charge is 0.327 e. The van der Waals surface area contributed by atoms with Gasteiger partial charge in [0.15, 0.2) is 0 Å². The predicted octanol–water partition coefficient (Wildman–Crippen LogP) is 3.21. The Morgan fingerprint density at radius 3 is 2.29 bits per heavy atom. The summed E-state index contributed by atoms with van der Waals surface area (Å²) in [5.41, 5.74) is 9.00. The zero-order valence-corrected chi connectivity index (χ0v) is 10.4. The molecule has 0 aliphatic heterocycles. The molecule has 1 saturated carbocycles. The second-order valence-electron chi connectivity index (χ2n) is 4.89. The molecule has 1 aromatic rings. The van der Waals surface area contributed by atoms with E-state index < -0.39 is 0 Å². The molecule has 1 fully saturated rings. The normalized spacial score (nSPS) is 28.9. The first-order chi connectivity index (χ1) is 6.43. The monoisotopic (exact) mass is 253 g/mol. The molecule has 0 saturated heterocycles. The molecule has 0 aromatic heterocycles. The predicted molar refractivity (Wildman–Crippen MR) is 63.4 cm³/mol. The van der Waals surface area contributed by atoms with Gasteiger partial charge in [-0.15, -0.1) is 0 Å². The van der Waals surface area contributed by atoms with Gasteiger partial charge in [0.05, 0.1) is 0 Å². The third kappa shape index (κ3) is 1.51. The zero-order chi connectivity index (χ0) is 10.5. The Labute approximate surface area is 93.8 Å². The molecule has 1 aliphatic carbocycles. The summed E-state index contributed by atoms with van der Waals surface area (Å²) in [5, 5.41) is 0. The van der Waals surface area contributed by atoms with Crippen LogP contribution in [0.5, 0.6) is 0 Å². The van der Waals surface area contributed by atoms with Crippen LogP contribution in [0.3, 0.4) is 0 Å². The smallest absolute Gasteiger partial charge is 0.0180 e. The molecule has 0 amide bonds. The molecule has 14 heavy (non-hydrogen) atoms. The van der Waals surface area contributed by atoms with Crippen LogP contribution >= 0.6 is 15.9 Å². The van der Waals surface area contributed by atoms with Gasteiger partial charge in [0.2, 0.25) is 0 Å². The summed E-state index contributed by atoms with van der Waals surface area (Å²) in [4.78, 5) is 0. The fraction of sp³-hybridized carbons (Fsp3) is 0.500. The number of hydrogen-bond donors (Lipinski definition) is 1. The lowest BCUT2D eigenvalue weighted by Gasteiger charge is -2.05. The van der Waals surface area contributed by atoms with Gasteiger partial charge in [-0.1, -0.05) is 35.8 Å². The summed E-state index contributed by atoms with van der Waals surface area (Å²) >= 11 is 3.53. The Morgan fingerprint density at radius 2 is 1.86 bits per heavy atom. The molecule has 76 valence electrons. The first-order valence-electron chi connectivity index (χ1n) is 4.95. The summed E-state index contributed by atoms with van der Waals surface area (Å²) in [6.07, 6.45) is 0. The molecule has 2 rings (SSSR count). The summed E-state index contributed by atoms with van der Waals surface area (Å²) < 4.78 is 1.16.